The molecule has 2 heterocycles. The van der Waals surface area contributed by atoms with E-state index in [2.05, 4.69) is 39.9 Å². The molecule has 0 spiro atoms. The quantitative estimate of drug-likeness (QED) is 0.757. The maximum Gasteiger partial charge on any atom is 0.251 e. The normalized spacial score (nSPS) is 17.5. The first-order valence-electron chi connectivity index (χ1n) is 9.69. The Hall–Kier alpha value is -2.66. The summed E-state index contributed by atoms with van der Waals surface area (Å²) < 4.78 is 2.36. The molecule has 2 aromatic carbocycles. The monoisotopic (exact) mass is 362 g/mol. The first kappa shape index (κ1) is 17.7. The Labute approximate surface area is 160 Å². The molecule has 3 aromatic rings. The van der Waals surface area contributed by atoms with E-state index in [1.807, 2.05) is 30.3 Å². The molecule has 5 heteroatoms. The molecule has 1 fully saturated rings. The number of carbonyl (C=O) groups is 1. The lowest BCUT2D eigenvalue weighted by Crippen LogP contribution is -2.21. The van der Waals surface area contributed by atoms with E-state index in [9.17, 15) is 4.79 Å². The van der Waals surface area contributed by atoms with Crippen molar-refractivity contribution in [2.24, 2.45) is 5.92 Å². The first-order chi connectivity index (χ1) is 13.2. The number of carbonyl (C=O) groups excluding carboxylic acids is 1. The molecule has 140 valence electrons. The molecule has 1 saturated heterocycles. The van der Waals surface area contributed by atoms with Gasteiger partial charge in [-0.25, -0.2) is 4.98 Å². The van der Waals surface area contributed by atoms with Gasteiger partial charge in [-0.1, -0.05) is 31.2 Å². The van der Waals surface area contributed by atoms with Crippen LogP contribution in [0.1, 0.15) is 23.7 Å². The van der Waals surface area contributed by atoms with Gasteiger partial charge >= 0.3 is 0 Å². The third kappa shape index (κ3) is 3.47. The van der Waals surface area contributed by atoms with Crippen molar-refractivity contribution in [1.82, 2.24) is 19.8 Å². The zero-order valence-electron chi connectivity index (χ0n) is 16.0. The molecule has 0 radical (unpaired) electrons. The summed E-state index contributed by atoms with van der Waals surface area (Å²) in [6, 6.07) is 16.1. The predicted octanol–water partition coefficient (Wildman–Crippen LogP) is 3.40. The van der Waals surface area contributed by atoms with Crippen LogP contribution in [-0.2, 0) is 6.54 Å². The fraction of sp³-hybridized carbons (Fsp3) is 0.364. The molecule has 1 unspecified atom stereocenters. The maximum atomic E-state index is 11.8. The Morgan fingerprint density at radius 3 is 2.67 bits per heavy atom. The smallest absolute Gasteiger partial charge is 0.251 e. The minimum Gasteiger partial charge on any atom is -0.355 e. The van der Waals surface area contributed by atoms with Gasteiger partial charge in [0, 0.05) is 31.3 Å². The lowest BCUT2D eigenvalue weighted by atomic mass is 10.1. The second-order valence-electron chi connectivity index (χ2n) is 7.24. The number of imidazole rings is 1. The van der Waals surface area contributed by atoms with Crippen LogP contribution in [0.5, 0.6) is 0 Å². The zero-order valence-corrected chi connectivity index (χ0v) is 16.0. The highest BCUT2D eigenvalue weighted by molar-refractivity contribution is 5.94. The molecule has 0 aliphatic carbocycles. The molecule has 1 N–H and O–H groups in total. The standard InChI is InChI=1S/C22H26N4O/c1-3-25-13-12-16(14-25)15-26-20-7-5-4-6-19(20)24-21(26)17-8-10-18(11-9-17)22(27)23-2/h4-11,16H,3,12-15H2,1-2H3,(H,23,27). The summed E-state index contributed by atoms with van der Waals surface area (Å²) in [5, 5.41) is 2.67. The molecule has 1 aliphatic heterocycles. The van der Waals surface area contributed by atoms with Gasteiger partial charge in [0.15, 0.2) is 0 Å². The van der Waals surface area contributed by atoms with Crippen molar-refractivity contribution in [3.8, 4) is 11.4 Å². The number of hydrogen-bond acceptors (Lipinski definition) is 3. The molecule has 27 heavy (non-hydrogen) atoms. The van der Waals surface area contributed by atoms with E-state index < -0.39 is 0 Å². The number of nitrogens with one attached hydrogen (secondary N) is 1. The number of hydrogen-bond donors (Lipinski definition) is 1. The highest BCUT2D eigenvalue weighted by atomic mass is 16.1. The van der Waals surface area contributed by atoms with Crippen molar-refractivity contribution in [2.75, 3.05) is 26.7 Å². The topological polar surface area (TPSA) is 50.2 Å². The Morgan fingerprint density at radius 2 is 1.96 bits per heavy atom. The first-order valence-corrected chi connectivity index (χ1v) is 9.69. The predicted molar refractivity (Wildman–Crippen MR) is 109 cm³/mol. The molecule has 0 bridgehead atoms. The second kappa shape index (κ2) is 7.53. The van der Waals surface area contributed by atoms with Gasteiger partial charge in [-0.15, -0.1) is 0 Å². The minimum absolute atomic E-state index is 0.0688. The van der Waals surface area contributed by atoms with Crippen molar-refractivity contribution in [3.05, 3.63) is 54.1 Å². The van der Waals surface area contributed by atoms with Crippen LogP contribution in [0, 0.1) is 5.92 Å². The van der Waals surface area contributed by atoms with Crippen LogP contribution in [0.2, 0.25) is 0 Å². The van der Waals surface area contributed by atoms with Crippen LogP contribution >= 0.6 is 0 Å². The average Bonchev–Trinajstić information content (AvgIpc) is 3.32. The highest BCUT2D eigenvalue weighted by Gasteiger charge is 2.23. The number of para-hydroxylation sites is 2. The van der Waals surface area contributed by atoms with Crippen LogP contribution < -0.4 is 5.32 Å². The largest absolute Gasteiger partial charge is 0.355 e. The van der Waals surface area contributed by atoms with Crippen LogP contribution in [0.15, 0.2) is 48.5 Å². The van der Waals surface area contributed by atoms with Gasteiger partial charge < -0.3 is 14.8 Å². The Balaban J connectivity index is 1.71. The third-order valence-corrected chi connectivity index (χ3v) is 5.54. The minimum atomic E-state index is -0.0688. The number of amides is 1. The SMILES string of the molecule is CCN1CCC(Cn2c(-c3ccc(C(=O)NC)cc3)nc3ccccc32)C1. The average molecular weight is 362 g/mol. The fourth-order valence-electron chi connectivity index (χ4n) is 4.00. The van der Waals surface area contributed by atoms with Crippen LogP contribution in [-0.4, -0.2) is 47.0 Å². The van der Waals surface area contributed by atoms with Crippen molar-refractivity contribution in [2.45, 2.75) is 19.9 Å². The van der Waals surface area contributed by atoms with Crippen LogP contribution in [0.25, 0.3) is 22.4 Å². The fourth-order valence-corrected chi connectivity index (χ4v) is 4.00. The molecule has 0 saturated carbocycles. The van der Waals surface area contributed by atoms with Crippen LogP contribution in [0.4, 0.5) is 0 Å². The summed E-state index contributed by atoms with van der Waals surface area (Å²) >= 11 is 0. The van der Waals surface area contributed by atoms with Crippen molar-refractivity contribution in [3.63, 3.8) is 0 Å². The molecule has 1 atom stereocenters. The lowest BCUT2D eigenvalue weighted by molar-refractivity contribution is 0.0963. The van der Waals surface area contributed by atoms with Crippen molar-refractivity contribution < 1.29 is 4.79 Å². The molecular weight excluding hydrogens is 336 g/mol. The highest BCUT2D eigenvalue weighted by Crippen LogP contribution is 2.28. The summed E-state index contributed by atoms with van der Waals surface area (Å²) in [5.41, 5.74) is 3.91. The maximum absolute atomic E-state index is 11.8. The number of nitrogens with zero attached hydrogens (tertiary/aromatic N) is 3. The number of fused-ring (bicyclic) bond motifs is 1. The molecule has 1 aromatic heterocycles. The Kier molecular flexibility index (Phi) is 4.94. The molecule has 1 aliphatic rings. The molecule has 4 rings (SSSR count). The summed E-state index contributed by atoms with van der Waals surface area (Å²) in [6.45, 7) is 6.66. The lowest BCUT2D eigenvalue weighted by Gasteiger charge is -2.16. The number of likely N-dealkylation sites (tertiary alicyclic amines) is 1. The van der Waals surface area contributed by atoms with E-state index >= 15 is 0 Å². The second-order valence-corrected chi connectivity index (χ2v) is 7.24. The van der Waals surface area contributed by atoms with Gasteiger partial charge in [-0.2, -0.15) is 0 Å². The van der Waals surface area contributed by atoms with Crippen molar-refractivity contribution in [1.29, 1.82) is 0 Å². The van der Waals surface area contributed by atoms with E-state index in [1.54, 1.807) is 7.05 Å². The van der Waals surface area contributed by atoms with Gasteiger partial charge in [-0.05, 0) is 49.7 Å². The Bertz CT molecular complexity index is 945. The van der Waals surface area contributed by atoms with Gasteiger partial charge in [0.25, 0.3) is 5.91 Å². The number of benzene rings is 2. The van der Waals surface area contributed by atoms with E-state index in [0.29, 0.717) is 11.5 Å². The van der Waals surface area contributed by atoms with E-state index in [1.165, 1.54) is 18.5 Å². The number of rotatable bonds is 5. The summed E-state index contributed by atoms with van der Waals surface area (Å²) in [5.74, 6) is 1.56. The van der Waals surface area contributed by atoms with E-state index in [4.69, 9.17) is 4.98 Å². The van der Waals surface area contributed by atoms with Crippen LogP contribution in [0.3, 0.4) is 0 Å². The van der Waals surface area contributed by atoms with Crippen molar-refractivity contribution >= 4 is 16.9 Å². The van der Waals surface area contributed by atoms with Gasteiger partial charge in [0.05, 0.1) is 11.0 Å². The van der Waals surface area contributed by atoms with E-state index in [-0.39, 0.29) is 5.91 Å². The van der Waals surface area contributed by atoms with Gasteiger partial charge in [0.1, 0.15) is 5.82 Å². The van der Waals surface area contributed by atoms with Gasteiger partial charge in [-0.3, -0.25) is 4.79 Å². The number of aromatic nitrogens is 2. The molecule has 5 nitrogen and oxygen atoms in total. The zero-order chi connectivity index (χ0) is 18.8. The Morgan fingerprint density at radius 1 is 1.19 bits per heavy atom. The summed E-state index contributed by atoms with van der Waals surface area (Å²) in [6.07, 6.45) is 1.23. The summed E-state index contributed by atoms with van der Waals surface area (Å²) in [7, 11) is 1.65. The molecular formula is C22H26N4O. The van der Waals surface area contributed by atoms with Gasteiger partial charge in [0.2, 0.25) is 0 Å². The third-order valence-electron chi connectivity index (χ3n) is 5.54. The summed E-state index contributed by atoms with van der Waals surface area (Å²) in [4.78, 5) is 19.2. The van der Waals surface area contributed by atoms with E-state index in [0.717, 1.165) is 36.5 Å². The molecule has 1 amide bonds.